The summed E-state index contributed by atoms with van der Waals surface area (Å²) in [5.74, 6) is 1.08. The van der Waals surface area contributed by atoms with Crippen LogP contribution in [-0.4, -0.2) is 47.3 Å². The SMILES string of the molecule is Bc1nc(N(c2cn[nH]c2)C2CCNCC2)ccc1O. The Bertz CT molecular complexity index is 568. The number of anilines is 2. The second-order valence-corrected chi connectivity index (χ2v) is 5.08. The molecule has 0 amide bonds. The van der Waals surface area contributed by atoms with Crippen LogP contribution in [0.3, 0.4) is 0 Å². The Labute approximate surface area is 118 Å². The van der Waals surface area contributed by atoms with E-state index in [0.717, 1.165) is 37.4 Å². The molecule has 0 bridgehead atoms. The minimum atomic E-state index is 0.228. The van der Waals surface area contributed by atoms with Gasteiger partial charge in [0.1, 0.15) is 11.6 Å². The van der Waals surface area contributed by atoms with Gasteiger partial charge in [-0.05, 0) is 38.1 Å². The molecule has 20 heavy (non-hydrogen) atoms. The number of nitrogens with one attached hydrogen (secondary N) is 2. The maximum atomic E-state index is 9.66. The molecule has 0 aliphatic carbocycles. The summed E-state index contributed by atoms with van der Waals surface area (Å²) in [5.41, 5.74) is 1.65. The Kier molecular flexibility index (Phi) is 3.60. The Balaban J connectivity index is 1.98. The van der Waals surface area contributed by atoms with Crippen LogP contribution in [0.5, 0.6) is 5.75 Å². The number of rotatable bonds is 3. The molecule has 6 nitrogen and oxygen atoms in total. The topological polar surface area (TPSA) is 77.1 Å². The zero-order valence-electron chi connectivity index (χ0n) is 11.5. The molecule has 0 unspecified atom stereocenters. The molecule has 1 saturated heterocycles. The van der Waals surface area contributed by atoms with E-state index in [1.165, 1.54) is 0 Å². The van der Waals surface area contributed by atoms with Crippen molar-refractivity contribution in [2.24, 2.45) is 0 Å². The standard InChI is InChI=1S/C13H18BN5O/c14-13-11(20)1-2-12(18-13)19(10-7-16-17-8-10)9-3-5-15-6-4-9/h1-2,7-9,15,20H,3-6,14H2,(H,16,17). The van der Waals surface area contributed by atoms with Gasteiger partial charge in [0, 0.05) is 17.8 Å². The minimum absolute atomic E-state index is 0.228. The average molecular weight is 271 g/mol. The quantitative estimate of drug-likeness (QED) is 0.666. The van der Waals surface area contributed by atoms with Crippen LogP contribution in [0.1, 0.15) is 12.8 Å². The third kappa shape index (κ3) is 2.49. The second-order valence-electron chi connectivity index (χ2n) is 5.08. The minimum Gasteiger partial charge on any atom is -0.507 e. The van der Waals surface area contributed by atoms with Crippen molar-refractivity contribution in [3.8, 4) is 5.75 Å². The lowest BCUT2D eigenvalue weighted by Crippen LogP contribution is -2.41. The van der Waals surface area contributed by atoms with Gasteiger partial charge in [-0.1, -0.05) is 0 Å². The molecule has 2 aromatic rings. The highest BCUT2D eigenvalue weighted by Gasteiger charge is 2.24. The first-order valence-electron chi connectivity index (χ1n) is 6.91. The summed E-state index contributed by atoms with van der Waals surface area (Å²) in [5, 5.41) is 19.9. The van der Waals surface area contributed by atoms with E-state index < -0.39 is 0 Å². The van der Waals surface area contributed by atoms with E-state index in [-0.39, 0.29) is 5.75 Å². The molecule has 1 aliphatic rings. The summed E-state index contributed by atoms with van der Waals surface area (Å²) in [6.45, 7) is 2.02. The summed E-state index contributed by atoms with van der Waals surface area (Å²) in [6.07, 6.45) is 5.82. The lowest BCUT2D eigenvalue weighted by atomic mass is 10.0. The van der Waals surface area contributed by atoms with E-state index in [0.29, 0.717) is 11.6 Å². The number of hydrogen-bond donors (Lipinski definition) is 3. The summed E-state index contributed by atoms with van der Waals surface area (Å²) in [7, 11) is 1.81. The van der Waals surface area contributed by atoms with Gasteiger partial charge in [0.25, 0.3) is 0 Å². The fourth-order valence-corrected chi connectivity index (χ4v) is 2.65. The molecular formula is C13H18BN5O. The molecule has 0 atom stereocenters. The van der Waals surface area contributed by atoms with Gasteiger partial charge >= 0.3 is 0 Å². The average Bonchev–Trinajstić information content (AvgIpc) is 2.98. The van der Waals surface area contributed by atoms with Gasteiger partial charge < -0.3 is 15.3 Å². The Hall–Kier alpha value is -2.02. The lowest BCUT2D eigenvalue weighted by Gasteiger charge is -2.34. The van der Waals surface area contributed by atoms with Gasteiger partial charge in [-0.2, -0.15) is 5.10 Å². The van der Waals surface area contributed by atoms with E-state index >= 15 is 0 Å². The third-order valence-corrected chi connectivity index (χ3v) is 3.73. The molecule has 3 heterocycles. The van der Waals surface area contributed by atoms with Crippen LogP contribution in [0.25, 0.3) is 0 Å². The summed E-state index contributed by atoms with van der Waals surface area (Å²) in [6, 6.07) is 3.95. The number of pyridine rings is 1. The van der Waals surface area contributed by atoms with Crippen molar-refractivity contribution < 1.29 is 5.11 Å². The molecule has 7 heteroatoms. The van der Waals surface area contributed by atoms with Gasteiger partial charge in [-0.25, -0.2) is 4.98 Å². The number of H-pyrrole nitrogens is 1. The summed E-state index contributed by atoms with van der Waals surface area (Å²) in [4.78, 5) is 6.72. The predicted octanol–water partition coefficient (Wildman–Crippen LogP) is -0.341. The molecule has 1 fully saturated rings. The van der Waals surface area contributed by atoms with Crippen LogP contribution in [0, 0.1) is 0 Å². The highest BCUT2D eigenvalue weighted by Crippen LogP contribution is 2.28. The predicted molar refractivity (Wildman–Crippen MR) is 80.7 cm³/mol. The first kappa shape index (κ1) is 13.0. The Morgan fingerprint density at radius 1 is 1.30 bits per heavy atom. The van der Waals surface area contributed by atoms with Gasteiger partial charge in [0.2, 0.25) is 0 Å². The molecule has 0 radical (unpaired) electrons. The molecule has 104 valence electrons. The Morgan fingerprint density at radius 3 is 2.75 bits per heavy atom. The van der Waals surface area contributed by atoms with E-state index in [9.17, 15) is 5.11 Å². The molecule has 0 saturated carbocycles. The molecule has 0 aromatic carbocycles. The second kappa shape index (κ2) is 5.54. The van der Waals surface area contributed by atoms with Crippen LogP contribution >= 0.6 is 0 Å². The van der Waals surface area contributed by atoms with Crippen LogP contribution in [-0.2, 0) is 0 Å². The molecule has 1 aliphatic heterocycles. The fraction of sp³-hybridized carbons (Fsp3) is 0.385. The number of aromatic nitrogens is 3. The van der Waals surface area contributed by atoms with Crippen LogP contribution in [0.15, 0.2) is 24.5 Å². The van der Waals surface area contributed by atoms with Crippen LogP contribution < -0.4 is 15.8 Å². The monoisotopic (exact) mass is 271 g/mol. The largest absolute Gasteiger partial charge is 0.507 e. The molecule has 3 N–H and O–H groups in total. The highest BCUT2D eigenvalue weighted by molar-refractivity contribution is 6.32. The number of piperidine rings is 1. The van der Waals surface area contributed by atoms with Gasteiger partial charge in [0.15, 0.2) is 7.85 Å². The maximum Gasteiger partial charge on any atom is 0.169 e. The zero-order valence-corrected chi connectivity index (χ0v) is 11.5. The number of nitrogens with zero attached hydrogens (tertiary/aromatic N) is 3. The molecule has 0 spiro atoms. The lowest BCUT2D eigenvalue weighted by molar-refractivity contribution is 0.449. The van der Waals surface area contributed by atoms with Crippen molar-refractivity contribution >= 4 is 24.9 Å². The third-order valence-electron chi connectivity index (χ3n) is 3.73. The van der Waals surface area contributed by atoms with Crippen molar-refractivity contribution in [3.63, 3.8) is 0 Å². The highest BCUT2D eigenvalue weighted by atomic mass is 16.3. The van der Waals surface area contributed by atoms with Crippen molar-refractivity contribution in [2.75, 3.05) is 18.0 Å². The molecular weight excluding hydrogens is 253 g/mol. The summed E-state index contributed by atoms with van der Waals surface area (Å²) >= 11 is 0. The van der Waals surface area contributed by atoms with E-state index in [4.69, 9.17) is 0 Å². The summed E-state index contributed by atoms with van der Waals surface area (Å²) < 4.78 is 0. The van der Waals surface area contributed by atoms with Gasteiger partial charge in [-0.3, -0.25) is 5.10 Å². The fourth-order valence-electron chi connectivity index (χ4n) is 2.65. The first-order valence-corrected chi connectivity index (χ1v) is 6.91. The maximum absolute atomic E-state index is 9.66. The Morgan fingerprint density at radius 2 is 2.10 bits per heavy atom. The van der Waals surface area contributed by atoms with E-state index in [2.05, 4.69) is 25.4 Å². The first-order chi connectivity index (χ1) is 9.75. The van der Waals surface area contributed by atoms with Gasteiger partial charge in [0.05, 0.1) is 11.9 Å². The normalized spacial score (nSPS) is 16.2. The van der Waals surface area contributed by atoms with Crippen molar-refractivity contribution in [1.29, 1.82) is 0 Å². The molecule has 2 aromatic heterocycles. The van der Waals surface area contributed by atoms with Crippen LogP contribution in [0.4, 0.5) is 11.5 Å². The molecule has 3 rings (SSSR count). The zero-order chi connectivity index (χ0) is 13.9. The van der Waals surface area contributed by atoms with E-state index in [1.54, 1.807) is 6.07 Å². The number of aromatic amines is 1. The van der Waals surface area contributed by atoms with Crippen molar-refractivity contribution in [1.82, 2.24) is 20.5 Å². The smallest absolute Gasteiger partial charge is 0.169 e. The van der Waals surface area contributed by atoms with E-state index in [1.807, 2.05) is 26.3 Å². The van der Waals surface area contributed by atoms with Crippen molar-refractivity contribution in [2.45, 2.75) is 18.9 Å². The van der Waals surface area contributed by atoms with Gasteiger partial charge in [-0.15, -0.1) is 0 Å². The number of hydrogen-bond acceptors (Lipinski definition) is 5. The van der Waals surface area contributed by atoms with Crippen molar-refractivity contribution in [3.05, 3.63) is 24.5 Å². The number of aromatic hydroxyl groups is 1. The van der Waals surface area contributed by atoms with Crippen LogP contribution in [0.2, 0.25) is 0 Å².